The van der Waals surface area contributed by atoms with Gasteiger partial charge < -0.3 is 4.74 Å². The Balaban J connectivity index is 3.08. The van der Waals surface area contributed by atoms with Crippen molar-refractivity contribution < 1.29 is 18.3 Å². The normalized spacial score (nSPS) is 9.58. The summed E-state index contributed by atoms with van der Waals surface area (Å²) in [7, 11) is 1.08. The van der Waals surface area contributed by atoms with E-state index in [1.807, 2.05) is 0 Å². The predicted octanol–water partition coefficient (Wildman–Crippen LogP) is 0.541. The first-order chi connectivity index (χ1) is 5.63. The van der Waals surface area contributed by atoms with Gasteiger partial charge in [0, 0.05) is 6.07 Å². The van der Waals surface area contributed by atoms with Gasteiger partial charge in [-0.2, -0.15) is 18.7 Å². The van der Waals surface area contributed by atoms with Crippen LogP contribution in [0.4, 0.5) is 8.78 Å². The van der Waals surface area contributed by atoms with Crippen LogP contribution in [0.25, 0.3) is 0 Å². The number of hydrogen-bond donors (Lipinski definition) is 0. The third-order valence-electron chi connectivity index (χ3n) is 1.06. The zero-order valence-corrected chi connectivity index (χ0v) is 6.04. The summed E-state index contributed by atoms with van der Waals surface area (Å²) in [5.41, 5.74) is -0.442. The van der Waals surface area contributed by atoms with E-state index in [0.29, 0.717) is 6.07 Å². The van der Waals surface area contributed by atoms with Crippen molar-refractivity contribution in [2.75, 3.05) is 7.11 Å². The highest BCUT2D eigenvalue weighted by atomic mass is 19.1. The topological polar surface area (TPSA) is 52.1 Å². The Morgan fingerprint density at radius 3 is 2.67 bits per heavy atom. The van der Waals surface area contributed by atoms with Crippen LogP contribution in [0.1, 0.15) is 10.5 Å². The van der Waals surface area contributed by atoms with Crippen LogP contribution in [-0.4, -0.2) is 23.0 Å². The van der Waals surface area contributed by atoms with Crippen molar-refractivity contribution in [1.82, 2.24) is 9.97 Å². The number of halogens is 2. The second-order valence-corrected chi connectivity index (χ2v) is 1.84. The number of carbonyl (C=O) groups is 1. The Morgan fingerprint density at radius 2 is 2.17 bits per heavy atom. The van der Waals surface area contributed by atoms with Gasteiger partial charge in [-0.05, 0) is 0 Å². The molecule has 0 aromatic carbocycles. The van der Waals surface area contributed by atoms with E-state index in [-0.39, 0.29) is 0 Å². The van der Waals surface area contributed by atoms with Gasteiger partial charge in [-0.3, -0.25) is 0 Å². The summed E-state index contributed by atoms with van der Waals surface area (Å²) in [6, 6.07) is 0.689. The van der Waals surface area contributed by atoms with E-state index in [9.17, 15) is 13.6 Å². The van der Waals surface area contributed by atoms with E-state index in [0.717, 1.165) is 7.11 Å². The molecule has 6 heteroatoms. The number of carbonyl (C=O) groups excluding carboxylic acids is 1. The molecule has 0 bridgehead atoms. The standard InChI is InChI=1S/C6H4F2N2O2/c1-12-5(11)3-2-4(7)10-6(8)9-3/h2H,1H3. The minimum Gasteiger partial charge on any atom is -0.464 e. The Labute approximate surface area is 66.2 Å². The monoisotopic (exact) mass is 174 g/mol. The van der Waals surface area contributed by atoms with Crippen LogP contribution >= 0.6 is 0 Å². The number of rotatable bonds is 1. The SMILES string of the molecule is COC(=O)c1cc(F)nc(F)n1. The van der Waals surface area contributed by atoms with Gasteiger partial charge in [-0.25, -0.2) is 4.79 Å². The first-order valence-corrected chi connectivity index (χ1v) is 2.92. The average molecular weight is 174 g/mol. The Hall–Kier alpha value is -1.59. The lowest BCUT2D eigenvalue weighted by Crippen LogP contribution is -2.07. The Morgan fingerprint density at radius 1 is 1.50 bits per heavy atom. The molecule has 12 heavy (non-hydrogen) atoms. The van der Waals surface area contributed by atoms with Crippen molar-refractivity contribution in [2.24, 2.45) is 0 Å². The lowest BCUT2D eigenvalue weighted by Gasteiger charge is -1.96. The zero-order valence-electron chi connectivity index (χ0n) is 6.04. The summed E-state index contributed by atoms with van der Waals surface area (Å²) in [5.74, 6) is -2.02. The molecule has 64 valence electrons. The molecule has 1 heterocycles. The molecule has 0 spiro atoms. The second-order valence-electron chi connectivity index (χ2n) is 1.84. The minimum atomic E-state index is -1.30. The number of esters is 1. The Bertz CT molecular complexity index is 296. The van der Waals surface area contributed by atoms with Crippen molar-refractivity contribution in [3.63, 3.8) is 0 Å². The van der Waals surface area contributed by atoms with Gasteiger partial charge in [0.25, 0.3) is 0 Å². The summed E-state index contributed by atoms with van der Waals surface area (Å²) >= 11 is 0. The molecule has 0 N–H and O–H groups in total. The second kappa shape index (κ2) is 3.21. The molecule has 0 unspecified atom stereocenters. The maximum Gasteiger partial charge on any atom is 0.356 e. The molecule has 0 amide bonds. The molecule has 1 aromatic rings. The van der Waals surface area contributed by atoms with E-state index in [1.165, 1.54) is 0 Å². The maximum atomic E-state index is 12.3. The molecule has 1 rings (SSSR count). The van der Waals surface area contributed by atoms with Crippen molar-refractivity contribution >= 4 is 5.97 Å². The highest BCUT2D eigenvalue weighted by Crippen LogP contribution is 2.00. The molecule has 0 radical (unpaired) electrons. The molecule has 0 aliphatic rings. The number of nitrogens with zero attached hydrogens (tertiary/aromatic N) is 2. The van der Waals surface area contributed by atoms with Gasteiger partial charge >= 0.3 is 12.0 Å². The van der Waals surface area contributed by atoms with Crippen molar-refractivity contribution in [3.8, 4) is 0 Å². The quantitative estimate of drug-likeness (QED) is 0.354. The summed E-state index contributed by atoms with van der Waals surface area (Å²) in [4.78, 5) is 16.4. The fraction of sp³-hybridized carbons (Fsp3) is 0.167. The largest absolute Gasteiger partial charge is 0.464 e. The molecular formula is C6H4F2N2O2. The van der Waals surface area contributed by atoms with E-state index in [2.05, 4.69) is 14.7 Å². The summed E-state index contributed by atoms with van der Waals surface area (Å²) < 4.78 is 28.8. The molecule has 4 nitrogen and oxygen atoms in total. The maximum absolute atomic E-state index is 12.3. The smallest absolute Gasteiger partial charge is 0.356 e. The van der Waals surface area contributed by atoms with E-state index < -0.39 is 23.7 Å². The molecular weight excluding hydrogens is 170 g/mol. The third-order valence-corrected chi connectivity index (χ3v) is 1.06. The van der Waals surface area contributed by atoms with Crippen LogP contribution in [0, 0.1) is 12.0 Å². The first kappa shape index (κ1) is 8.51. The van der Waals surface area contributed by atoms with Gasteiger partial charge in [-0.15, -0.1) is 0 Å². The zero-order chi connectivity index (χ0) is 9.14. The van der Waals surface area contributed by atoms with Crippen LogP contribution in [-0.2, 0) is 4.74 Å². The van der Waals surface area contributed by atoms with Gasteiger partial charge in [0.15, 0.2) is 5.69 Å². The fourth-order valence-electron chi connectivity index (χ4n) is 0.599. The predicted molar refractivity (Wildman–Crippen MR) is 33.3 cm³/mol. The lowest BCUT2D eigenvalue weighted by molar-refractivity contribution is 0.0591. The molecule has 0 atom stereocenters. The molecule has 0 saturated carbocycles. The van der Waals surface area contributed by atoms with Crippen LogP contribution < -0.4 is 0 Å². The highest BCUT2D eigenvalue weighted by Gasteiger charge is 2.11. The fourth-order valence-corrected chi connectivity index (χ4v) is 0.599. The van der Waals surface area contributed by atoms with Crippen molar-refractivity contribution in [1.29, 1.82) is 0 Å². The molecule has 1 aromatic heterocycles. The van der Waals surface area contributed by atoms with Gasteiger partial charge in [0.1, 0.15) is 0 Å². The van der Waals surface area contributed by atoms with Crippen LogP contribution in [0.3, 0.4) is 0 Å². The number of hydrogen-bond acceptors (Lipinski definition) is 4. The van der Waals surface area contributed by atoms with Gasteiger partial charge in [0.2, 0.25) is 5.95 Å². The van der Waals surface area contributed by atoms with Gasteiger partial charge in [-0.1, -0.05) is 0 Å². The molecule has 0 fully saturated rings. The first-order valence-electron chi connectivity index (χ1n) is 2.92. The Kier molecular flexibility index (Phi) is 2.27. The number of ether oxygens (including phenoxy) is 1. The molecule has 0 aliphatic carbocycles. The van der Waals surface area contributed by atoms with Gasteiger partial charge in [0.05, 0.1) is 7.11 Å². The van der Waals surface area contributed by atoms with Crippen LogP contribution in [0.15, 0.2) is 6.07 Å². The van der Waals surface area contributed by atoms with E-state index >= 15 is 0 Å². The highest BCUT2D eigenvalue weighted by molar-refractivity contribution is 5.86. The van der Waals surface area contributed by atoms with Crippen LogP contribution in [0.2, 0.25) is 0 Å². The summed E-state index contributed by atoms with van der Waals surface area (Å²) in [6.07, 6.45) is -1.30. The van der Waals surface area contributed by atoms with E-state index in [4.69, 9.17) is 0 Å². The molecule has 0 aliphatic heterocycles. The van der Waals surface area contributed by atoms with Crippen LogP contribution in [0.5, 0.6) is 0 Å². The lowest BCUT2D eigenvalue weighted by atomic mass is 10.4. The average Bonchev–Trinajstić information content (AvgIpc) is 2.01. The number of methoxy groups -OCH3 is 1. The minimum absolute atomic E-state index is 0.442. The molecule has 0 saturated heterocycles. The van der Waals surface area contributed by atoms with E-state index in [1.54, 1.807) is 0 Å². The summed E-state index contributed by atoms with van der Waals surface area (Å²) in [6.45, 7) is 0. The van der Waals surface area contributed by atoms with Crippen molar-refractivity contribution in [3.05, 3.63) is 23.8 Å². The van der Waals surface area contributed by atoms with Crippen molar-refractivity contribution in [2.45, 2.75) is 0 Å². The number of aromatic nitrogens is 2. The third kappa shape index (κ3) is 1.71. The summed E-state index contributed by atoms with van der Waals surface area (Å²) in [5, 5.41) is 0.